The summed E-state index contributed by atoms with van der Waals surface area (Å²) in [6.45, 7) is 0.712. The molecule has 0 saturated carbocycles. The molecule has 2 aliphatic rings. The lowest BCUT2D eigenvalue weighted by Gasteiger charge is -2.15. The molecule has 0 radical (unpaired) electrons. The molecular weight excluding hydrogens is 358 g/mol. The van der Waals surface area contributed by atoms with Crippen LogP contribution >= 0.6 is 0 Å². The summed E-state index contributed by atoms with van der Waals surface area (Å²) in [7, 11) is 0. The summed E-state index contributed by atoms with van der Waals surface area (Å²) >= 11 is 0. The normalized spacial score (nSPS) is 18.2. The van der Waals surface area contributed by atoms with E-state index in [4.69, 9.17) is 14.0 Å². The van der Waals surface area contributed by atoms with E-state index < -0.39 is 0 Å². The number of carbonyl (C=O) groups is 1. The maximum atomic E-state index is 12.4. The van der Waals surface area contributed by atoms with E-state index in [1.807, 2.05) is 24.3 Å². The van der Waals surface area contributed by atoms with Crippen LogP contribution in [0.2, 0.25) is 0 Å². The zero-order valence-electron chi connectivity index (χ0n) is 15.2. The molecule has 3 heterocycles. The Morgan fingerprint density at radius 1 is 1.18 bits per heavy atom. The van der Waals surface area contributed by atoms with Gasteiger partial charge in [0.05, 0.1) is 12.7 Å². The van der Waals surface area contributed by atoms with Crippen molar-refractivity contribution in [1.82, 2.24) is 10.1 Å². The second-order valence-electron chi connectivity index (χ2n) is 6.97. The quantitative estimate of drug-likeness (QED) is 0.691. The minimum absolute atomic E-state index is 0.269. The first-order valence-electron chi connectivity index (χ1n) is 9.37. The number of pyridine rings is 1. The Kier molecular flexibility index (Phi) is 4.20. The average molecular weight is 377 g/mol. The third-order valence-corrected chi connectivity index (χ3v) is 5.11. The van der Waals surface area contributed by atoms with Crippen LogP contribution < -0.4 is 9.64 Å². The number of carbonyl (C=O) groups excluding carboxylic acids is 1. The summed E-state index contributed by atoms with van der Waals surface area (Å²) in [5, 5.41) is 3.93. The lowest BCUT2D eigenvalue weighted by Crippen LogP contribution is -2.26. The van der Waals surface area contributed by atoms with Gasteiger partial charge in [-0.05, 0) is 49.1 Å². The molecule has 142 valence electrons. The summed E-state index contributed by atoms with van der Waals surface area (Å²) < 4.78 is 16.6. The fraction of sp³-hybridized carbons (Fsp3) is 0.286. The molecule has 1 saturated heterocycles. The second kappa shape index (κ2) is 6.99. The monoisotopic (exact) mass is 377 g/mol. The molecule has 0 N–H and O–H groups in total. The Morgan fingerprint density at radius 3 is 3.00 bits per heavy atom. The zero-order chi connectivity index (χ0) is 18.9. The summed E-state index contributed by atoms with van der Waals surface area (Å²) in [5.41, 5.74) is 4.18. The van der Waals surface area contributed by atoms with E-state index >= 15 is 0 Å². The van der Waals surface area contributed by atoms with Crippen molar-refractivity contribution >= 4 is 11.8 Å². The van der Waals surface area contributed by atoms with Gasteiger partial charge in [0.1, 0.15) is 6.61 Å². The van der Waals surface area contributed by atoms with Gasteiger partial charge in [-0.3, -0.25) is 4.90 Å². The lowest BCUT2D eigenvalue weighted by molar-refractivity contribution is 0.103. The SMILES string of the molecule is O=C1O[C@@H](COc2ccccn2)CN1c1ccc2c(c1)CCCc1cnoc1-2. The molecule has 2 aromatic heterocycles. The maximum absolute atomic E-state index is 12.4. The van der Waals surface area contributed by atoms with Crippen LogP contribution in [-0.2, 0) is 17.6 Å². The molecule has 1 aliphatic heterocycles. The van der Waals surface area contributed by atoms with Gasteiger partial charge in [0.15, 0.2) is 11.9 Å². The largest absolute Gasteiger partial charge is 0.474 e. The predicted molar refractivity (Wildman–Crippen MR) is 101 cm³/mol. The fourth-order valence-corrected chi connectivity index (χ4v) is 3.74. The van der Waals surface area contributed by atoms with Crippen LogP contribution in [0.5, 0.6) is 5.88 Å². The number of aromatic nitrogens is 2. The van der Waals surface area contributed by atoms with Crippen molar-refractivity contribution in [1.29, 1.82) is 0 Å². The molecule has 1 amide bonds. The molecular formula is C21H19N3O4. The number of rotatable bonds is 4. The van der Waals surface area contributed by atoms with Gasteiger partial charge in [-0.15, -0.1) is 0 Å². The summed E-state index contributed by atoms with van der Waals surface area (Å²) in [6, 6.07) is 11.4. The van der Waals surface area contributed by atoms with Crippen molar-refractivity contribution in [3.8, 4) is 17.2 Å². The van der Waals surface area contributed by atoms with Crippen molar-refractivity contribution in [2.75, 3.05) is 18.1 Å². The molecule has 0 spiro atoms. The summed E-state index contributed by atoms with van der Waals surface area (Å²) in [6.07, 6.45) is 5.66. The van der Waals surface area contributed by atoms with E-state index in [1.165, 1.54) is 0 Å². The Balaban J connectivity index is 1.33. The number of nitrogens with zero attached hydrogens (tertiary/aromatic N) is 3. The molecule has 3 aromatic rings. The van der Waals surface area contributed by atoms with Crippen LogP contribution in [0.3, 0.4) is 0 Å². The lowest BCUT2D eigenvalue weighted by atomic mass is 10.0. The molecule has 1 aromatic carbocycles. The molecule has 1 fully saturated rings. The van der Waals surface area contributed by atoms with Crippen molar-refractivity contribution in [2.45, 2.75) is 25.4 Å². The topological polar surface area (TPSA) is 77.7 Å². The molecule has 28 heavy (non-hydrogen) atoms. The number of anilines is 1. The molecule has 0 bridgehead atoms. The highest BCUT2D eigenvalue weighted by molar-refractivity contribution is 5.90. The Morgan fingerprint density at radius 2 is 2.11 bits per heavy atom. The van der Waals surface area contributed by atoms with E-state index in [1.54, 1.807) is 23.4 Å². The zero-order valence-corrected chi connectivity index (χ0v) is 15.2. The van der Waals surface area contributed by atoms with Crippen LogP contribution in [0.25, 0.3) is 11.3 Å². The second-order valence-corrected chi connectivity index (χ2v) is 6.97. The van der Waals surface area contributed by atoms with Gasteiger partial charge in [0.25, 0.3) is 0 Å². The van der Waals surface area contributed by atoms with Gasteiger partial charge in [-0.25, -0.2) is 9.78 Å². The van der Waals surface area contributed by atoms with Crippen molar-refractivity contribution in [2.24, 2.45) is 0 Å². The van der Waals surface area contributed by atoms with Crippen LogP contribution in [0, 0.1) is 0 Å². The van der Waals surface area contributed by atoms with Crippen molar-refractivity contribution in [3.05, 3.63) is 59.9 Å². The number of hydrogen-bond acceptors (Lipinski definition) is 6. The van der Waals surface area contributed by atoms with E-state index in [9.17, 15) is 4.79 Å². The van der Waals surface area contributed by atoms with Gasteiger partial charge in [-0.1, -0.05) is 11.2 Å². The van der Waals surface area contributed by atoms with E-state index in [2.05, 4.69) is 16.2 Å². The molecule has 7 heteroatoms. The molecule has 0 unspecified atom stereocenters. The average Bonchev–Trinajstić information content (AvgIpc) is 3.29. The molecule has 1 atom stereocenters. The Bertz CT molecular complexity index is 1000. The maximum Gasteiger partial charge on any atom is 0.414 e. The standard InChI is InChI=1S/C21H19N3O4/c25-21-24(12-17(27-21)13-26-19-6-1-2-9-22-19)16-7-8-18-14(10-16)4-3-5-15-11-23-28-20(15)18/h1-2,6-11,17H,3-5,12-13H2/t17-/m1/s1. The third kappa shape index (κ3) is 3.09. The van der Waals surface area contributed by atoms with E-state index in [0.29, 0.717) is 12.4 Å². The van der Waals surface area contributed by atoms with Crippen LogP contribution in [0.4, 0.5) is 10.5 Å². The van der Waals surface area contributed by atoms with Gasteiger partial charge < -0.3 is 14.0 Å². The number of cyclic esters (lactones) is 1. The number of hydrogen-bond donors (Lipinski definition) is 0. The highest BCUT2D eigenvalue weighted by Gasteiger charge is 2.33. The highest BCUT2D eigenvalue weighted by atomic mass is 16.6. The summed E-state index contributed by atoms with van der Waals surface area (Å²) in [5.74, 6) is 1.36. The van der Waals surface area contributed by atoms with Crippen LogP contribution in [0.1, 0.15) is 17.5 Å². The van der Waals surface area contributed by atoms with Gasteiger partial charge >= 0.3 is 6.09 Å². The van der Waals surface area contributed by atoms with Crippen LogP contribution in [0.15, 0.2) is 53.3 Å². The first-order valence-corrected chi connectivity index (χ1v) is 9.37. The summed E-state index contributed by atoms with van der Waals surface area (Å²) in [4.78, 5) is 18.2. The smallest absolute Gasteiger partial charge is 0.414 e. The number of amides is 1. The number of benzene rings is 1. The minimum Gasteiger partial charge on any atom is -0.474 e. The van der Waals surface area contributed by atoms with Crippen LogP contribution in [-0.4, -0.2) is 35.5 Å². The number of fused-ring (bicyclic) bond motifs is 3. The fourth-order valence-electron chi connectivity index (χ4n) is 3.74. The molecule has 7 nitrogen and oxygen atoms in total. The molecule has 5 rings (SSSR count). The van der Waals surface area contributed by atoms with Gasteiger partial charge in [0.2, 0.25) is 5.88 Å². The first-order chi connectivity index (χ1) is 13.8. The number of aryl methyl sites for hydroxylation is 2. The Hall–Kier alpha value is -3.35. The minimum atomic E-state index is -0.358. The van der Waals surface area contributed by atoms with Gasteiger partial charge in [-0.2, -0.15) is 0 Å². The Labute approximate surface area is 161 Å². The van der Waals surface area contributed by atoms with Crippen molar-refractivity contribution < 1.29 is 18.8 Å². The van der Waals surface area contributed by atoms with E-state index in [0.717, 1.165) is 47.4 Å². The first kappa shape index (κ1) is 16.8. The highest BCUT2D eigenvalue weighted by Crippen LogP contribution is 2.35. The van der Waals surface area contributed by atoms with Crippen molar-refractivity contribution in [3.63, 3.8) is 0 Å². The predicted octanol–water partition coefficient (Wildman–Crippen LogP) is 3.63. The van der Waals surface area contributed by atoms with Gasteiger partial charge in [0, 0.05) is 29.1 Å². The molecule has 1 aliphatic carbocycles. The van der Waals surface area contributed by atoms with E-state index in [-0.39, 0.29) is 18.8 Å². The third-order valence-electron chi connectivity index (χ3n) is 5.11. The number of ether oxygens (including phenoxy) is 2.